The highest BCUT2D eigenvalue weighted by Gasteiger charge is 2.40. The van der Waals surface area contributed by atoms with Crippen LogP contribution in [0.5, 0.6) is 0 Å². The van der Waals surface area contributed by atoms with E-state index in [1.165, 1.54) is 5.56 Å². The molecule has 0 bridgehead atoms. The minimum absolute atomic E-state index is 0.0331. The van der Waals surface area contributed by atoms with E-state index in [0.29, 0.717) is 6.61 Å². The zero-order chi connectivity index (χ0) is 15.4. The summed E-state index contributed by atoms with van der Waals surface area (Å²) < 4.78 is 5.16. The lowest BCUT2D eigenvalue weighted by Crippen LogP contribution is -2.39. The van der Waals surface area contributed by atoms with Gasteiger partial charge in [-0.1, -0.05) is 36.8 Å². The molecule has 0 saturated carbocycles. The van der Waals surface area contributed by atoms with E-state index < -0.39 is 0 Å². The van der Waals surface area contributed by atoms with Crippen LogP contribution in [0.2, 0.25) is 0 Å². The van der Waals surface area contributed by atoms with Crippen molar-refractivity contribution in [3.63, 3.8) is 0 Å². The summed E-state index contributed by atoms with van der Waals surface area (Å²) in [6.07, 6.45) is 1.63. The molecule has 1 fully saturated rings. The molecule has 3 unspecified atom stereocenters. The van der Waals surface area contributed by atoms with E-state index in [4.69, 9.17) is 4.74 Å². The van der Waals surface area contributed by atoms with Gasteiger partial charge in [0.25, 0.3) is 0 Å². The van der Waals surface area contributed by atoms with E-state index in [0.717, 1.165) is 18.4 Å². The Morgan fingerprint density at radius 1 is 1.43 bits per heavy atom. The maximum atomic E-state index is 12.6. The van der Waals surface area contributed by atoms with Crippen molar-refractivity contribution >= 4 is 5.91 Å². The van der Waals surface area contributed by atoms with Crippen LogP contribution >= 0.6 is 0 Å². The average Bonchev–Trinajstić information content (AvgIpc) is 2.81. The average molecular weight is 290 g/mol. The number of carbonyl (C=O) groups is 1. The Bertz CT molecular complexity index is 489. The van der Waals surface area contributed by atoms with Gasteiger partial charge in [-0.3, -0.25) is 10.1 Å². The number of benzene rings is 1. The second kappa shape index (κ2) is 7.05. The summed E-state index contributed by atoms with van der Waals surface area (Å²) in [5.74, 6) is 0.201. The number of hydrogen-bond acceptors (Lipinski definition) is 3. The molecule has 1 aromatic rings. The van der Waals surface area contributed by atoms with Crippen molar-refractivity contribution in [3.8, 4) is 0 Å². The molecule has 1 N–H and O–H groups in total. The number of hydrogen-bond donors (Lipinski definition) is 1. The Hall–Kier alpha value is -1.39. The number of aryl methyl sites for hydroxylation is 1. The van der Waals surface area contributed by atoms with Crippen LogP contribution in [0.25, 0.3) is 0 Å². The van der Waals surface area contributed by atoms with E-state index in [1.54, 1.807) is 7.11 Å². The number of methoxy groups -OCH3 is 1. The Morgan fingerprint density at radius 3 is 2.81 bits per heavy atom. The van der Waals surface area contributed by atoms with Crippen LogP contribution in [-0.2, 0) is 9.53 Å². The standard InChI is InChI=1S/C17H26N2O2/c1-5-15-17(20)19(13(3)9-10-21-4)16(18-15)14-8-6-7-12(2)11-14/h6-8,11,13,15-16,18H,5,9-10H2,1-4H3. The summed E-state index contributed by atoms with van der Waals surface area (Å²) in [4.78, 5) is 14.6. The lowest BCUT2D eigenvalue weighted by molar-refractivity contribution is -0.132. The quantitative estimate of drug-likeness (QED) is 0.875. The molecule has 4 heteroatoms. The maximum absolute atomic E-state index is 12.6. The molecular weight excluding hydrogens is 264 g/mol. The van der Waals surface area contributed by atoms with Crippen LogP contribution in [0.15, 0.2) is 24.3 Å². The minimum Gasteiger partial charge on any atom is -0.385 e. The molecule has 1 aromatic carbocycles. The fraction of sp³-hybridized carbons (Fsp3) is 0.588. The molecule has 1 aliphatic rings. The van der Waals surface area contributed by atoms with Gasteiger partial charge in [-0.15, -0.1) is 0 Å². The number of carbonyl (C=O) groups excluding carboxylic acids is 1. The van der Waals surface area contributed by atoms with Gasteiger partial charge in [0.15, 0.2) is 0 Å². The van der Waals surface area contributed by atoms with Gasteiger partial charge in [-0.05, 0) is 32.3 Å². The molecule has 4 nitrogen and oxygen atoms in total. The number of nitrogens with one attached hydrogen (secondary N) is 1. The van der Waals surface area contributed by atoms with Gasteiger partial charge >= 0.3 is 0 Å². The van der Waals surface area contributed by atoms with Gasteiger partial charge in [0.1, 0.15) is 6.17 Å². The second-order valence-corrected chi connectivity index (χ2v) is 5.82. The van der Waals surface area contributed by atoms with Crippen LogP contribution in [0, 0.1) is 6.92 Å². The van der Waals surface area contributed by atoms with E-state index in [2.05, 4.69) is 37.4 Å². The smallest absolute Gasteiger partial charge is 0.241 e. The Morgan fingerprint density at radius 2 is 2.19 bits per heavy atom. The van der Waals surface area contributed by atoms with Crippen molar-refractivity contribution in [2.45, 2.75) is 51.9 Å². The zero-order valence-electron chi connectivity index (χ0n) is 13.4. The number of ether oxygens (including phenoxy) is 1. The summed E-state index contributed by atoms with van der Waals surface area (Å²) in [6.45, 7) is 6.89. The molecular formula is C17H26N2O2. The lowest BCUT2D eigenvalue weighted by atomic mass is 10.1. The lowest BCUT2D eigenvalue weighted by Gasteiger charge is -2.30. The molecule has 0 radical (unpaired) electrons. The van der Waals surface area contributed by atoms with Crippen LogP contribution in [0.3, 0.4) is 0 Å². The second-order valence-electron chi connectivity index (χ2n) is 5.82. The topological polar surface area (TPSA) is 41.6 Å². The third-order valence-electron chi connectivity index (χ3n) is 4.17. The van der Waals surface area contributed by atoms with Crippen molar-refractivity contribution < 1.29 is 9.53 Å². The highest BCUT2D eigenvalue weighted by atomic mass is 16.5. The molecule has 1 aliphatic heterocycles. The van der Waals surface area contributed by atoms with Gasteiger partial charge in [-0.2, -0.15) is 0 Å². The minimum atomic E-state index is -0.0829. The fourth-order valence-corrected chi connectivity index (χ4v) is 2.94. The molecule has 0 aliphatic carbocycles. The van der Waals surface area contributed by atoms with Gasteiger partial charge in [0.05, 0.1) is 6.04 Å². The first kappa shape index (κ1) is 16.0. The van der Waals surface area contributed by atoms with E-state index in [-0.39, 0.29) is 24.2 Å². The molecule has 21 heavy (non-hydrogen) atoms. The molecule has 1 amide bonds. The number of nitrogens with zero attached hydrogens (tertiary/aromatic N) is 1. The van der Waals surface area contributed by atoms with Gasteiger partial charge < -0.3 is 9.64 Å². The SMILES string of the molecule is CCC1NC(c2cccc(C)c2)N(C(C)CCOC)C1=O. The van der Waals surface area contributed by atoms with Gasteiger partial charge in [0.2, 0.25) is 5.91 Å². The third kappa shape index (κ3) is 3.44. The van der Waals surface area contributed by atoms with Crippen molar-refractivity contribution in [3.05, 3.63) is 35.4 Å². The fourth-order valence-electron chi connectivity index (χ4n) is 2.94. The van der Waals surface area contributed by atoms with E-state index in [9.17, 15) is 4.79 Å². The summed E-state index contributed by atoms with van der Waals surface area (Å²) in [5, 5.41) is 3.48. The summed E-state index contributed by atoms with van der Waals surface area (Å²) >= 11 is 0. The highest BCUT2D eigenvalue weighted by Crippen LogP contribution is 2.29. The zero-order valence-corrected chi connectivity index (χ0v) is 13.4. The Balaban J connectivity index is 2.26. The summed E-state index contributed by atoms with van der Waals surface area (Å²) in [6, 6.07) is 8.45. The molecule has 0 aromatic heterocycles. The molecule has 1 saturated heterocycles. The van der Waals surface area contributed by atoms with Crippen LogP contribution in [0.4, 0.5) is 0 Å². The normalized spacial score (nSPS) is 23.6. The predicted molar refractivity (Wildman–Crippen MR) is 83.9 cm³/mol. The van der Waals surface area contributed by atoms with Crippen LogP contribution in [0.1, 0.15) is 44.0 Å². The Kier molecular flexibility index (Phi) is 5.37. The van der Waals surface area contributed by atoms with E-state index >= 15 is 0 Å². The van der Waals surface area contributed by atoms with Gasteiger partial charge in [-0.25, -0.2) is 0 Å². The molecule has 2 rings (SSSR count). The molecule has 1 heterocycles. The first-order valence-electron chi connectivity index (χ1n) is 7.72. The number of amides is 1. The molecule has 116 valence electrons. The van der Waals surface area contributed by atoms with E-state index in [1.807, 2.05) is 17.9 Å². The van der Waals surface area contributed by atoms with Crippen molar-refractivity contribution in [2.75, 3.05) is 13.7 Å². The van der Waals surface area contributed by atoms with Crippen molar-refractivity contribution in [1.29, 1.82) is 0 Å². The molecule has 3 atom stereocenters. The summed E-state index contributed by atoms with van der Waals surface area (Å²) in [7, 11) is 1.70. The molecule has 0 spiro atoms. The largest absolute Gasteiger partial charge is 0.385 e. The first-order chi connectivity index (χ1) is 10.1. The monoisotopic (exact) mass is 290 g/mol. The third-order valence-corrected chi connectivity index (χ3v) is 4.17. The highest BCUT2D eigenvalue weighted by molar-refractivity contribution is 5.84. The van der Waals surface area contributed by atoms with Crippen LogP contribution < -0.4 is 5.32 Å². The van der Waals surface area contributed by atoms with Crippen molar-refractivity contribution in [1.82, 2.24) is 10.2 Å². The maximum Gasteiger partial charge on any atom is 0.241 e. The van der Waals surface area contributed by atoms with Crippen LogP contribution in [-0.4, -0.2) is 36.6 Å². The van der Waals surface area contributed by atoms with Gasteiger partial charge in [0, 0.05) is 19.8 Å². The van der Waals surface area contributed by atoms with Crippen molar-refractivity contribution in [2.24, 2.45) is 0 Å². The first-order valence-corrected chi connectivity index (χ1v) is 7.72. The summed E-state index contributed by atoms with van der Waals surface area (Å²) in [5.41, 5.74) is 2.37. The number of rotatable bonds is 6. The Labute approximate surface area is 127 Å². The predicted octanol–water partition coefficient (Wildman–Crippen LogP) is 2.63.